The number of rotatable bonds is 4. The molecule has 24 heavy (non-hydrogen) atoms. The van der Waals surface area contributed by atoms with Gasteiger partial charge in [0.2, 0.25) is 0 Å². The molecule has 0 saturated carbocycles. The van der Waals surface area contributed by atoms with Gasteiger partial charge in [-0.15, -0.1) is 0 Å². The van der Waals surface area contributed by atoms with Crippen molar-refractivity contribution in [3.8, 4) is 6.07 Å². The number of ether oxygens (including phenoxy) is 1. The van der Waals surface area contributed by atoms with Crippen molar-refractivity contribution in [1.82, 2.24) is 0 Å². The van der Waals surface area contributed by atoms with Crippen molar-refractivity contribution in [2.75, 3.05) is 36.5 Å². The van der Waals surface area contributed by atoms with Gasteiger partial charge in [-0.1, -0.05) is 22.0 Å². The molecule has 1 heterocycles. The van der Waals surface area contributed by atoms with Crippen LogP contribution < -0.4 is 10.2 Å². The summed E-state index contributed by atoms with van der Waals surface area (Å²) in [4.78, 5) is 2.29. The largest absolute Gasteiger partial charge is 0.380 e. The minimum atomic E-state index is -0.408. The highest BCUT2D eigenvalue weighted by molar-refractivity contribution is 9.10. The highest BCUT2D eigenvalue weighted by Gasteiger charge is 2.15. The van der Waals surface area contributed by atoms with Crippen LogP contribution >= 0.6 is 15.9 Å². The molecule has 1 N–H and O–H groups in total. The summed E-state index contributed by atoms with van der Waals surface area (Å²) in [6.45, 7) is 3.69. The van der Waals surface area contributed by atoms with Crippen LogP contribution in [0.25, 0.3) is 0 Å². The van der Waals surface area contributed by atoms with Gasteiger partial charge in [0.25, 0.3) is 0 Å². The van der Waals surface area contributed by atoms with Gasteiger partial charge in [0.15, 0.2) is 0 Å². The number of morpholine rings is 1. The fourth-order valence-corrected chi connectivity index (χ4v) is 3.09. The third-order valence-corrected chi connectivity index (χ3v) is 4.46. The molecule has 2 aromatic rings. The van der Waals surface area contributed by atoms with Gasteiger partial charge >= 0.3 is 0 Å². The van der Waals surface area contributed by atoms with E-state index in [2.05, 4.69) is 38.3 Å². The molecule has 0 unspecified atom stereocenters. The zero-order valence-corrected chi connectivity index (χ0v) is 14.6. The summed E-state index contributed by atoms with van der Waals surface area (Å²) < 4.78 is 19.7. The van der Waals surface area contributed by atoms with Gasteiger partial charge in [-0.2, -0.15) is 5.26 Å². The molecule has 2 aromatic carbocycles. The van der Waals surface area contributed by atoms with E-state index in [-0.39, 0.29) is 0 Å². The van der Waals surface area contributed by atoms with E-state index in [4.69, 9.17) is 10.00 Å². The van der Waals surface area contributed by atoms with Gasteiger partial charge in [-0.25, -0.2) is 4.39 Å². The Morgan fingerprint density at radius 1 is 1.21 bits per heavy atom. The molecule has 0 aliphatic carbocycles. The molecular formula is C18H17BrFN3O. The summed E-state index contributed by atoms with van der Waals surface area (Å²) in [5, 5.41) is 12.4. The molecule has 1 aliphatic heterocycles. The average Bonchev–Trinajstić information content (AvgIpc) is 2.62. The first kappa shape index (κ1) is 16.7. The van der Waals surface area contributed by atoms with Gasteiger partial charge in [0.05, 0.1) is 24.5 Å². The molecule has 1 saturated heterocycles. The number of nitrogens with one attached hydrogen (secondary N) is 1. The van der Waals surface area contributed by atoms with Crippen molar-refractivity contribution in [3.63, 3.8) is 0 Å². The van der Waals surface area contributed by atoms with Crippen molar-refractivity contribution in [1.29, 1.82) is 5.26 Å². The second-order valence-electron chi connectivity index (χ2n) is 5.53. The van der Waals surface area contributed by atoms with Gasteiger partial charge < -0.3 is 15.0 Å². The third-order valence-electron chi connectivity index (χ3n) is 3.97. The van der Waals surface area contributed by atoms with Crippen molar-refractivity contribution in [2.45, 2.75) is 6.54 Å². The maximum atomic E-state index is 13.2. The Labute approximate surface area is 149 Å². The Morgan fingerprint density at radius 2 is 2.00 bits per heavy atom. The second kappa shape index (κ2) is 7.65. The molecule has 0 bridgehead atoms. The lowest BCUT2D eigenvalue weighted by atomic mass is 10.1. The molecule has 3 rings (SSSR count). The van der Waals surface area contributed by atoms with E-state index in [1.807, 2.05) is 12.1 Å². The number of anilines is 2. The molecule has 1 fully saturated rings. The molecule has 124 valence electrons. The van der Waals surface area contributed by atoms with Crippen LogP contribution in [0.3, 0.4) is 0 Å². The van der Waals surface area contributed by atoms with Gasteiger partial charge in [0, 0.05) is 29.8 Å². The molecule has 4 nitrogen and oxygen atoms in total. The van der Waals surface area contributed by atoms with E-state index in [1.165, 1.54) is 12.1 Å². The maximum Gasteiger partial charge on any atom is 0.124 e. The first-order valence-corrected chi connectivity index (χ1v) is 8.51. The van der Waals surface area contributed by atoms with Crippen LogP contribution in [0.1, 0.15) is 11.1 Å². The van der Waals surface area contributed by atoms with E-state index in [0.29, 0.717) is 17.8 Å². The fraction of sp³-hybridized carbons (Fsp3) is 0.278. The van der Waals surface area contributed by atoms with Crippen molar-refractivity contribution in [3.05, 3.63) is 57.8 Å². The lowest BCUT2D eigenvalue weighted by Crippen LogP contribution is -2.36. The normalized spacial score (nSPS) is 14.3. The quantitative estimate of drug-likeness (QED) is 0.860. The van der Waals surface area contributed by atoms with Crippen LogP contribution in [0.5, 0.6) is 0 Å². The molecular weight excluding hydrogens is 373 g/mol. The first-order valence-electron chi connectivity index (χ1n) is 7.72. The van der Waals surface area contributed by atoms with Crippen LogP contribution in [0.15, 0.2) is 40.9 Å². The smallest absolute Gasteiger partial charge is 0.124 e. The van der Waals surface area contributed by atoms with E-state index in [1.54, 1.807) is 6.07 Å². The second-order valence-corrected chi connectivity index (χ2v) is 6.44. The predicted molar refractivity (Wildman–Crippen MR) is 95.6 cm³/mol. The number of nitriles is 1. The summed E-state index contributed by atoms with van der Waals surface area (Å²) in [6.07, 6.45) is 0. The number of hydrogen-bond acceptors (Lipinski definition) is 4. The Kier molecular flexibility index (Phi) is 5.34. The number of hydrogen-bond donors (Lipinski definition) is 1. The zero-order valence-electron chi connectivity index (χ0n) is 13.1. The van der Waals surface area contributed by atoms with Gasteiger partial charge in [-0.05, 0) is 35.9 Å². The van der Waals surface area contributed by atoms with Crippen LogP contribution in [0, 0.1) is 17.1 Å². The molecule has 0 spiro atoms. The predicted octanol–water partition coefficient (Wildman–Crippen LogP) is 3.91. The highest BCUT2D eigenvalue weighted by atomic mass is 79.9. The van der Waals surface area contributed by atoms with Crippen molar-refractivity contribution < 1.29 is 9.13 Å². The summed E-state index contributed by atoms with van der Waals surface area (Å²) in [5.41, 5.74) is 3.20. The monoisotopic (exact) mass is 389 g/mol. The van der Waals surface area contributed by atoms with E-state index in [0.717, 1.165) is 42.0 Å². The lowest BCUT2D eigenvalue weighted by Gasteiger charge is -2.31. The standard InChI is InChI=1S/C18H17BrFN3O/c19-15-2-1-13(18(10-15)23-5-7-24-8-6-23)12-22-17-4-3-16(20)9-14(17)11-21/h1-4,9-10,22H,5-8,12H2. The topological polar surface area (TPSA) is 48.3 Å². The van der Waals surface area contributed by atoms with E-state index >= 15 is 0 Å². The lowest BCUT2D eigenvalue weighted by molar-refractivity contribution is 0.122. The summed E-state index contributed by atoms with van der Waals surface area (Å²) in [7, 11) is 0. The molecule has 0 aromatic heterocycles. The Bertz CT molecular complexity index is 769. The molecule has 0 atom stereocenters. The minimum absolute atomic E-state index is 0.306. The molecule has 6 heteroatoms. The summed E-state index contributed by atoms with van der Waals surface area (Å²) in [5.74, 6) is -0.408. The maximum absolute atomic E-state index is 13.2. The molecule has 0 amide bonds. The summed E-state index contributed by atoms with van der Waals surface area (Å²) in [6, 6.07) is 12.4. The van der Waals surface area contributed by atoms with Crippen LogP contribution in [-0.4, -0.2) is 26.3 Å². The zero-order chi connectivity index (χ0) is 16.9. The van der Waals surface area contributed by atoms with E-state index in [9.17, 15) is 4.39 Å². The molecule has 1 aliphatic rings. The van der Waals surface area contributed by atoms with Crippen molar-refractivity contribution >= 4 is 27.3 Å². The van der Waals surface area contributed by atoms with Crippen LogP contribution in [0.4, 0.5) is 15.8 Å². The average molecular weight is 390 g/mol. The minimum Gasteiger partial charge on any atom is -0.380 e. The third kappa shape index (κ3) is 3.86. The van der Waals surface area contributed by atoms with Crippen LogP contribution in [-0.2, 0) is 11.3 Å². The SMILES string of the molecule is N#Cc1cc(F)ccc1NCc1ccc(Br)cc1N1CCOCC1. The number of benzene rings is 2. The Morgan fingerprint density at radius 3 is 2.75 bits per heavy atom. The van der Waals surface area contributed by atoms with Gasteiger partial charge in [-0.3, -0.25) is 0 Å². The van der Waals surface area contributed by atoms with E-state index < -0.39 is 5.82 Å². The first-order chi connectivity index (χ1) is 11.7. The number of halogens is 2. The number of nitrogens with zero attached hydrogens (tertiary/aromatic N) is 2. The highest BCUT2D eigenvalue weighted by Crippen LogP contribution is 2.27. The molecule has 0 radical (unpaired) electrons. The van der Waals surface area contributed by atoms with Gasteiger partial charge in [0.1, 0.15) is 11.9 Å². The summed E-state index contributed by atoms with van der Waals surface area (Å²) >= 11 is 3.53. The van der Waals surface area contributed by atoms with Crippen LogP contribution in [0.2, 0.25) is 0 Å². The fourth-order valence-electron chi connectivity index (χ4n) is 2.74. The Balaban J connectivity index is 1.81. The Hall–Kier alpha value is -2.10. The van der Waals surface area contributed by atoms with Crippen molar-refractivity contribution in [2.24, 2.45) is 0 Å².